The van der Waals surface area contributed by atoms with Crippen molar-refractivity contribution in [3.63, 3.8) is 0 Å². The largest absolute Gasteiger partial charge is 0.396 e. The van der Waals surface area contributed by atoms with Crippen LogP contribution >= 0.6 is 15.9 Å². The first-order chi connectivity index (χ1) is 8.97. The summed E-state index contributed by atoms with van der Waals surface area (Å²) >= 11 is 3.07. The van der Waals surface area contributed by atoms with Gasteiger partial charge in [0.2, 0.25) is 0 Å². The van der Waals surface area contributed by atoms with E-state index in [4.69, 9.17) is 11.5 Å². The molecule has 1 aromatic heterocycles. The Balaban J connectivity index is 2.34. The van der Waals surface area contributed by atoms with Gasteiger partial charge in [0.25, 0.3) is 5.91 Å². The van der Waals surface area contributed by atoms with Gasteiger partial charge in [-0.3, -0.25) is 4.79 Å². The lowest BCUT2D eigenvalue weighted by Crippen LogP contribution is -2.14. The Morgan fingerprint density at radius 3 is 2.68 bits per heavy atom. The zero-order chi connectivity index (χ0) is 14.0. The van der Waals surface area contributed by atoms with Gasteiger partial charge in [-0.15, -0.1) is 0 Å². The summed E-state index contributed by atoms with van der Waals surface area (Å²) < 4.78 is 13.4. The summed E-state index contributed by atoms with van der Waals surface area (Å²) in [5.74, 6) is -0.740. The van der Waals surface area contributed by atoms with Crippen LogP contribution in [0, 0.1) is 5.82 Å². The second kappa shape index (κ2) is 5.23. The van der Waals surface area contributed by atoms with Crippen LogP contribution in [0.3, 0.4) is 0 Å². The number of anilines is 3. The maximum atomic E-state index is 13.1. The smallest absolute Gasteiger partial charge is 0.267 e. The number of amides is 1. The molecule has 1 aromatic carbocycles. The minimum atomic E-state index is -0.650. The maximum absolute atomic E-state index is 13.1. The molecule has 0 saturated carbocycles. The summed E-state index contributed by atoms with van der Waals surface area (Å²) in [5.41, 5.74) is 11.9. The average molecular weight is 325 g/mol. The van der Waals surface area contributed by atoms with Gasteiger partial charge in [-0.2, -0.15) is 0 Å². The number of benzene rings is 1. The second-order valence-electron chi connectivity index (χ2n) is 3.75. The van der Waals surface area contributed by atoms with E-state index in [2.05, 4.69) is 26.2 Å². The normalized spacial score (nSPS) is 10.2. The number of hydrogen-bond acceptors (Lipinski definition) is 4. The topological polar surface area (TPSA) is 94.0 Å². The molecule has 1 amide bonds. The van der Waals surface area contributed by atoms with E-state index in [0.29, 0.717) is 15.8 Å². The van der Waals surface area contributed by atoms with Crippen LogP contribution < -0.4 is 16.8 Å². The molecule has 0 bridgehead atoms. The molecule has 1 heterocycles. The Morgan fingerprint density at radius 1 is 1.32 bits per heavy atom. The molecule has 0 spiro atoms. The molecule has 0 saturated heterocycles. The van der Waals surface area contributed by atoms with Crippen molar-refractivity contribution in [1.82, 2.24) is 4.98 Å². The third kappa shape index (κ3) is 3.00. The molecule has 0 atom stereocenters. The first kappa shape index (κ1) is 13.3. The van der Waals surface area contributed by atoms with Gasteiger partial charge < -0.3 is 16.8 Å². The van der Waals surface area contributed by atoms with E-state index in [1.165, 1.54) is 30.3 Å². The molecule has 2 aromatic rings. The minimum Gasteiger partial charge on any atom is -0.396 e. The third-order valence-electron chi connectivity index (χ3n) is 2.36. The van der Waals surface area contributed by atoms with Crippen LogP contribution in [0.4, 0.5) is 21.6 Å². The number of aromatic nitrogens is 1. The molecule has 0 radical (unpaired) electrons. The molecule has 0 unspecified atom stereocenters. The summed E-state index contributed by atoms with van der Waals surface area (Å²) in [6, 6.07) is 7.31. The molecular weight excluding hydrogens is 315 g/mol. The lowest BCUT2D eigenvalue weighted by atomic mass is 10.2. The molecule has 98 valence electrons. The molecule has 7 heteroatoms. The molecular formula is C12H10BrFN4O. The van der Waals surface area contributed by atoms with Crippen molar-refractivity contribution in [3.8, 4) is 0 Å². The zero-order valence-electron chi connectivity index (χ0n) is 9.65. The molecule has 0 aliphatic carbocycles. The van der Waals surface area contributed by atoms with E-state index in [1.807, 2.05) is 0 Å². The standard InChI is InChI=1S/C12H10BrFN4O/c13-7-5-6(1-2-8(7)14)17-12-9(15)3-4-10(18-12)11(16)19/h1-5H,15H2,(H2,16,19)(H,17,18). The van der Waals surface area contributed by atoms with Crippen LogP contribution in [0.15, 0.2) is 34.8 Å². The molecule has 0 aliphatic rings. The number of carbonyl (C=O) groups excluding carboxylic acids is 1. The van der Waals surface area contributed by atoms with E-state index in [-0.39, 0.29) is 17.3 Å². The summed E-state index contributed by atoms with van der Waals surface area (Å²) in [6.07, 6.45) is 0. The van der Waals surface area contributed by atoms with Crippen molar-refractivity contribution in [1.29, 1.82) is 0 Å². The average Bonchev–Trinajstić information content (AvgIpc) is 2.36. The van der Waals surface area contributed by atoms with Crippen LogP contribution in [0.2, 0.25) is 0 Å². The fourth-order valence-electron chi connectivity index (χ4n) is 1.42. The molecule has 19 heavy (non-hydrogen) atoms. The van der Waals surface area contributed by atoms with Crippen molar-refractivity contribution < 1.29 is 9.18 Å². The van der Waals surface area contributed by atoms with Gasteiger partial charge in [0.1, 0.15) is 11.5 Å². The predicted molar refractivity (Wildman–Crippen MR) is 74.5 cm³/mol. The van der Waals surface area contributed by atoms with Gasteiger partial charge in [-0.25, -0.2) is 9.37 Å². The van der Waals surface area contributed by atoms with Gasteiger partial charge in [-0.05, 0) is 46.3 Å². The van der Waals surface area contributed by atoms with Crippen molar-refractivity contribution in [2.75, 3.05) is 11.1 Å². The van der Waals surface area contributed by atoms with Crippen LogP contribution in [0.25, 0.3) is 0 Å². The van der Waals surface area contributed by atoms with Crippen molar-refractivity contribution >= 4 is 39.0 Å². The summed E-state index contributed by atoms with van der Waals surface area (Å²) in [6.45, 7) is 0. The van der Waals surface area contributed by atoms with Crippen LogP contribution in [0.5, 0.6) is 0 Å². The van der Waals surface area contributed by atoms with E-state index < -0.39 is 5.91 Å². The zero-order valence-corrected chi connectivity index (χ0v) is 11.2. The number of halogens is 2. The Bertz CT molecular complexity index is 648. The van der Waals surface area contributed by atoms with Crippen LogP contribution in [0.1, 0.15) is 10.5 Å². The summed E-state index contributed by atoms with van der Waals surface area (Å²) in [4.78, 5) is 15.0. The van der Waals surface area contributed by atoms with Crippen LogP contribution in [-0.2, 0) is 0 Å². The summed E-state index contributed by atoms with van der Waals surface area (Å²) in [5, 5.41) is 2.89. The first-order valence-corrected chi connectivity index (χ1v) is 6.05. The van der Waals surface area contributed by atoms with E-state index in [0.717, 1.165) is 0 Å². The molecule has 2 rings (SSSR count). The number of nitrogens with zero attached hydrogens (tertiary/aromatic N) is 1. The minimum absolute atomic E-state index is 0.0953. The number of nitrogen functional groups attached to an aromatic ring is 1. The van der Waals surface area contributed by atoms with Crippen molar-refractivity contribution in [2.24, 2.45) is 5.73 Å². The predicted octanol–water partition coefficient (Wildman–Crippen LogP) is 2.41. The summed E-state index contributed by atoms with van der Waals surface area (Å²) in [7, 11) is 0. The highest BCUT2D eigenvalue weighted by molar-refractivity contribution is 9.10. The molecule has 5 nitrogen and oxygen atoms in total. The van der Waals surface area contributed by atoms with Gasteiger partial charge in [0, 0.05) is 5.69 Å². The Hall–Kier alpha value is -2.15. The Kier molecular flexibility index (Phi) is 3.66. The highest BCUT2D eigenvalue weighted by Crippen LogP contribution is 2.25. The molecule has 0 fully saturated rings. The Labute approximate surface area is 116 Å². The van der Waals surface area contributed by atoms with E-state index in [1.54, 1.807) is 0 Å². The molecule has 5 N–H and O–H groups in total. The second-order valence-corrected chi connectivity index (χ2v) is 4.61. The highest BCUT2D eigenvalue weighted by Gasteiger charge is 2.08. The maximum Gasteiger partial charge on any atom is 0.267 e. The number of primary amides is 1. The monoisotopic (exact) mass is 324 g/mol. The lowest BCUT2D eigenvalue weighted by Gasteiger charge is -2.09. The van der Waals surface area contributed by atoms with Gasteiger partial charge >= 0.3 is 0 Å². The van der Waals surface area contributed by atoms with Crippen molar-refractivity contribution in [3.05, 3.63) is 46.3 Å². The lowest BCUT2D eigenvalue weighted by molar-refractivity contribution is 0.0996. The number of rotatable bonds is 3. The van der Waals surface area contributed by atoms with E-state index >= 15 is 0 Å². The number of carbonyl (C=O) groups is 1. The molecule has 0 aliphatic heterocycles. The van der Waals surface area contributed by atoms with Gasteiger partial charge in [-0.1, -0.05) is 0 Å². The van der Waals surface area contributed by atoms with Gasteiger partial charge in [0.15, 0.2) is 5.82 Å². The first-order valence-electron chi connectivity index (χ1n) is 5.26. The third-order valence-corrected chi connectivity index (χ3v) is 2.97. The van der Waals surface area contributed by atoms with Gasteiger partial charge in [0.05, 0.1) is 10.2 Å². The quantitative estimate of drug-likeness (QED) is 0.808. The van der Waals surface area contributed by atoms with E-state index in [9.17, 15) is 9.18 Å². The van der Waals surface area contributed by atoms with Crippen LogP contribution in [-0.4, -0.2) is 10.9 Å². The SMILES string of the molecule is NC(=O)c1ccc(N)c(Nc2ccc(F)c(Br)c2)n1. The number of nitrogens with two attached hydrogens (primary N) is 2. The fraction of sp³-hybridized carbons (Fsp3) is 0. The number of hydrogen-bond donors (Lipinski definition) is 3. The Morgan fingerprint density at radius 2 is 2.05 bits per heavy atom. The van der Waals surface area contributed by atoms with Crippen molar-refractivity contribution in [2.45, 2.75) is 0 Å². The highest BCUT2D eigenvalue weighted by atomic mass is 79.9. The number of nitrogens with one attached hydrogen (secondary N) is 1. The fourth-order valence-corrected chi connectivity index (χ4v) is 1.80. The number of pyridine rings is 1.